The number of nitrogens with zero attached hydrogens (tertiary/aromatic N) is 1. The average Bonchev–Trinajstić information content (AvgIpc) is 2.37. The van der Waals surface area contributed by atoms with Crippen molar-refractivity contribution in [1.29, 1.82) is 0 Å². The molecule has 3 heteroatoms. The van der Waals surface area contributed by atoms with Crippen LogP contribution in [0.3, 0.4) is 0 Å². The van der Waals surface area contributed by atoms with Crippen molar-refractivity contribution in [2.75, 3.05) is 19.6 Å². The smallest absolute Gasteiger partial charge is 0.224 e. The van der Waals surface area contributed by atoms with Crippen LogP contribution in [0.1, 0.15) is 59.8 Å². The van der Waals surface area contributed by atoms with Crippen molar-refractivity contribution in [2.45, 2.75) is 65.8 Å². The standard InChI is InChI=1S/C16H32N2O/c1-5-6-10-17-16(19)15-8-7-14(4)18(12-15)11-9-13(2)3/h13-15H,5-12H2,1-4H3,(H,17,19). The average molecular weight is 268 g/mol. The van der Waals surface area contributed by atoms with Gasteiger partial charge in [0.1, 0.15) is 0 Å². The lowest BCUT2D eigenvalue weighted by molar-refractivity contribution is -0.127. The van der Waals surface area contributed by atoms with Crippen molar-refractivity contribution in [3.63, 3.8) is 0 Å². The molecular formula is C16H32N2O. The van der Waals surface area contributed by atoms with E-state index in [2.05, 4.69) is 37.9 Å². The lowest BCUT2D eigenvalue weighted by atomic mass is 9.92. The van der Waals surface area contributed by atoms with E-state index in [0.717, 1.165) is 51.2 Å². The number of amides is 1. The van der Waals surface area contributed by atoms with Gasteiger partial charge in [-0.3, -0.25) is 9.69 Å². The summed E-state index contributed by atoms with van der Waals surface area (Å²) in [5.74, 6) is 1.22. The second-order valence-corrected chi connectivity index (χ2v) is 6.45. The fraction of sp³-hybridized carbons (Fsp3) is 0.938. The van der Waals surface area contributed by atoms with Crippen LogP contribution in [0.2, 0.25) is 0 Å². The quantitative estimate of drug-likeness (QED) is 0.720. The minimum atomic E-state index is 0.209. The van der Waals surface area contributed by atoms with Crippen LogP contribution in [0.5, 0.6) is 0 Å². The lowest BCUT2D eigenvalue weighted by Crippen LogP contribution is -2.47. The van der Waals surface area contributed by atoms with E-state index in [1.807, 2.05) is 0 Å². The maximum atomic E-state index is 12.1. The first-order chi connectivity index (χ1) is 9.04. The normalized spacial score (nSPS) is 24.7. The summed E-state index contributed by atoms with van der Waals surface area (Å²) in [5, 5.41) is 3.09. The molecule has 2 atom stereocenters. The maximum absolute atomic E-state index is 12.1. The molecule has 0 radical (unpaired) electrons. The number of carbonyl (C=O) groups excluding carboxylic acids is 1. The van der Waals surface area contributed by atoms with Gasteiger partial charge in [-0.1, -0.05) is 27.2 Å². The van der Waals surface area contributed by atoms with Crippen molar-refractivity contribution >= 4 is 5.91 Å². The summed E-state index contributed by atoms with van der Waals surface area (Å²) in [7, 11) is 0. The minimum Gasteiger partial charge on any atom is -0.356 e. The van der Waals surface area contributed by atoms with Gasteiger partial charge in [0.25, 0.3) is 0 Å². The fourth-order valence-corrected chi connectivity index (χ4v) is 2.66. The van der Waals surface area contributed by atoms with Crippen molar-refractivity contribution < 1.29 is 4.79 Å². The van der Waals surface area contributed by atoms with E-state index >= 15 is 0 Å². The van der Waals surface area contributed by atoms with Crippen LogP contribution in [0.15, 0.2) is 0 Å². The molecule has 0 aromatic heterocycles. The highest BCUT2D eigenvalue weighted by Crippen LogP contribution is 2.22. The van der Waals surface area contributed by atoms with Gasteiger partial charge < -0.3 is 5.32 Å². The molecule has 1 aliphatic heterocycles. The van der Waals surface area contributed by atoms with Crippen molar-refractivity contribution in [1.82, 2.24) is 10.2 Å². The summed E-state index contributed by atoms with van der Waals surface area (Å²) in [5.41, 5.74) is 0. The molecule has 1 rings (SSSR count). The summed E-state index contributed by atoms with van der Waals surface area (Å²) in [6.45, 7) is 11.9. The van der Waals surface area contributed by atoms with Gasteiger partial charge in [-0.2, -0.15) is 0 Å². The van der Waals surface area contributed by atoms with Gasteiger partial charge in [-0.25, -0.2) is 0 Å². The minimum absolute atomic E-state index is 0.209. The second-order valence-electron chi connectivity index (χ2n) is 6.45. The molecule has 0 aromatic rings. The predicted octanol–water partition coefficient (Wildman–Crippen LogP) is 3.05. The summed E-state index contributed by atoms with van der Waals surface area (Å²) in [6.07, 6.45) is 5.67. The van der Waals surface area contributed by atoms with E-state index in [1.54, 1.807) is 0 Å². The van der Waals surface area contributed by atoms with Crippen molar-refractivity contribution in [3.8, 4) is 0 Å². The van der Waals surface area contributed by atoms with Crippen LogP contribution in [-0.2, 0) is 4.79 Å². The Bertz CT molecular complexity index is 265. The monoisotopic (exact) mass is 268 g/mol. The largest absolute Gasteiger partial charge is 0.356 e. The van der Waals surface area contributed by atoms with Gasteiger partial charge in [-0.15, -0.1) is 0 Å². The Morgan fingerprint density at radius 2 is 2.11 bits per heavy atom. The highest BCUT2D eigenvalue weighted by atomic mass is 16.1. The van der Waals surface area contributed by atoms with Crippen LogP contribution in [0.4, 0.5) is 0 Å². The van der Waals surface area contributed by atoms with Crippen molar-refractivity contribution in [2.24, 2.45) is 11.8 Å². The number of nitrogens with one attached hydrogen (secondary N) is 1. The SMILES string of the molecule is CCCCNC(=O)C1CCC(C)N(CCC(C)C)C1. The van der Waals surface area contributed by atoms with Crippen LogP contribution < -0.4 is 5.32 Å². The van der Waals surface area contributed by atoms with E-state index in [0.29, 0.717) is 6.04 Å². The van der Waals surface area contributed by atoms with Gasteiger partial charge >= 0.3 is 0 Å². The summed E-state index contributed by atoms with van der Waals surface area (Å²) < 4.78 is 0. The number of likely N-dealkylation sites (tertiary alicyclic amines) is 1. The Balaban J connectivity index is 2.37. The highest BCUT2D eigenvalue weighted by Gasteiger charge is 2.29. The van der Waals surface area contributed by atoms with Gasteiger partial charge in [0.2, 0.25) is 5.91 Å². The van der Waals surface area contributed by atoms with Crippen LogP contribution in [0, 0.1) is 11.8 Å². The molecule has 1 amide bonds. The first-order valence-corrected chi connectivity index (χ1v) is 8.06. The first kappa shape index (κ1) is 16.5. The Morgan fingerprint density at radius 1 is 1.37 bits per heavy atom. The maximum Gasteiger partial charge on any atom is 0.224 e. The molecule has 0 saturated carbocycles. The number of rotatable bonds is 7. The van der Waals surface area contributed by atoms with Crippen LogP contribution in [0.25, 0.3) is 0 Å². The Morgan fingerprint density at radius 3 is 2.74 bits per heavy atom. The predicted molar refractivity (Wildman–Crippen MR) is 81.1 cm³/mol. The molecule has 2 unspecified atom stereocenters. The molecule has 1 saturated heterocycles. The first-order valence-electron chi connectivity index (χ1n) is 8.06. The molecule has 1 heterocycles. The lowest BCUT2D eigenvalue weighted by Gasteiger charge is -2.37. The number of carbonyl (C=O) groups is 1. The second kappa shape index (κ2) is 8.57. The third kappa shape index (κ3) is 5.94. The molecule has 112 valence electrons. The third-order valence-corrected chi connectivity index (χ3v) is 4.21. The number of hydrogen-bond acceptors (Lipinski definition) is 2. The van der Waals surface area contributed by atoms with Gasteiger partial charge in [0.15, 0.2) is 0 Å². The summed E-state index contributed by atoms with van der Waals surface area (Å²) in [6, 6.07) is 0.637. The molecule has 1 aliphatic rings. The summed E-state index contributed by atoms with van der Waals surface area (Å²) in [4.78, 5) is 14.6. The molecule has 1 fully saturated rings. The van der Waals surface area contributed by atoms with E-state index < -0.39 is 0 Å². The fourth-order valence-electron chi connectivity index (χ4n) is 2.66. The zero-order valence-corrected chi connectivity index (χ0v) is 13.2. The molecule has 0 spiro atoms. The number of piperidine rings is 1. The molecule has 0 aliphatic carbocycles. The molecule has 0 bridgehead atoms. The van der Waals surface area contributed by atoms with Crippen LogP contribution in [-0.4, -0.2) is 36.5 Å². The summed E-state index contributed by atoms with van der Waals surface area (Å²) >= 11 is 0. The Hall–Kier alpha value is -0.570. The zero-order chi connectivity index (χ0) is 14.3. The molecule has 0 aromatic carbocycles. The molecule has 3 nitrogen and oxygen atoms in total. The number of unbranched alkanes of at least 4 members (excludes halogenated alkanes) is 1. The van der Waals surface area contributed by atoms with Gasteiger partial charge in [0, 0.05) is 19.1 Å². The highest BCUT2D eigenvalue weighted by molar-refractivity contribution is 5.78. The number of hydrogen-bond donors (Lipinski definition) is 1. The van der Waals surface area contributed by atoms with E-state index in [-0.39, 0.29) is 11.8 Å². The molecule has 1 N–H and O–H groups in total. The molecular weight excluding hydrogens is 236 g/mol. The molecule has 19 heavy (non-hydrogen) atoms. The topological polar surface area (TPSA) is 32.3 Å². The van der Waals surface area contributed by atoms with E-state index in [1.165, 1.54) is 6.42 Å². The zero-order valence-electron chi connectivity index (χ0n) is 13.2. The van der Waals surface area contributed by atoms with Crippen molar-refractivity contribution in [3.05, 3.63) is 0 Å². The Labute approximate surface area is 119 Å². The Kier molecular flexibility index (Phi) is 7.44. The third-order valence-electron chi connectivity index (χ3n) is 4.21. The van der Waals surface area contributed by atoms with Gasteiger partial charge in [-0.05, 0) is 45.1 Å². The van der Waals surface area contributed by atoms with E-state index in [4.69, 9.17) is 0 Å². The van der Waals surface area contributed by atoms with Crippen LogP contribution >= 0.6 is 0 Å². The van der Waals surface area contributed by atoms with E-state index in [9.17, 15) is 4.79 Å². The van der Waals surface area contributed by atoms with Gasteiger partial charge in [0.05, 0.1) is 5.92 Å².